The summed E-state index contributed by atoms with van der Waals surface area (Å²) in [5.41, 5.74) is 5.95. The molecule has 0 amide bonds. The zero-order valence-electron chi connectivity index (χ0n) is 12.0. The predicted molar refractivity (Wildman–Crippen MR) is 80.3 cm³/mol. The first-order chi connectivity index (χ1) is 9.17. The van der Waals surface area contributed by atoms with E-state index in [9.17, 15) is 0 Å². The Bertz CT molecular complexity index is 418. The highest BCUT2D eigenvalue weighted by Gasteiger charge is 2.01. The number of hydrogen-bond donors (Lipinski definition) is 3. The van der Waals surface area contributed by atoms with Crippen molar-refractivity contribution in [3.63, 3.8) is 0 Å². The fourth-order valence-electron chi connectivity index (χ4n) is 1.62. The minimum Gasteiger partial charge on any atom is -0.382 e. The van der Waals surface area contributed by atoms with E-state index in [0.717, 1.165) is 30.9 Å². The molecule has 0 aromatic heterocycles. The molecule has 1 rings (SSSR count). The van der Waals surface area contributed by atoms with Crippen LogP contribution in [-0.4, -0.2) is 25.7 Å². The molecule has 0 fully saturated rings. The number of anilines is 1. The van der Waals surface area contributed by atoms with Crippen molar-refractivity contribution in [1.29, 1.82) is 0 Å². The normalized spacial score (nSPS) is 11.5. The molecule has 5 heteroatoms. The largest absolute Gasteiger partial charge is 0.382 e. The van der Waals surface area contributed by atoms with E-state index in [1.165, 1.54) is 5.56 Å². The van der Waals surface area contributed by atoms with Gasteiger partial charge in [-0.25, -0.2) is 5.84 Å². The molecule has 106 valence electrons. The maximum Gasteiger partial charge on any atom is 0.210 e. The fraction of sp³-hybridized carbons (Fsp3) is 0.500. The molecule has 5 nitrogen and oxygen atoms in total. The van der Waals surface area contributed by atoms with Crippen LogP contribution in [0.2, 0.25) is 0 Å². The highest BCUT2D eigenvalue weighted by molar-refractivity contribution is 5.93. The van der Waals surface area contributed by atoms with E-state index in [1.54, 1.807) is 0 Å². The molecule has 1 aromatic carbocycles. The fourth-order valence-corrected chi connectivity index (χ4v) is 1.62. The molecule has 0 saturated heterocycles. The van der Waals surface area contributed by atoms with Crippen LogP contribution in [0.1, 0.15) is 24.5 Å². The highest BCUT2D eigenvalue weighted by atomic mass is 16.5. The molecule has 0 aliphatic carbocycles. The van der Waals surface area contributed by atoms with Gasteiger partial charge in [-0.2, -0.15) is 0 Å². The molecule has 0 unspecified atom stereocenters. The molecule has 0 aliphatic rings. The summed E-state index contributed by atoms with van der Waals surface area (Å²) in [6.07, 6.45) is 0.882. The zero-order chi connectivity index (χ0) is 14.1. The average molecular weight is 264 g/mol. The van der Waals surface area contributed by atoms with Crippen LogP contribution in [0.15, 0.2) is 23.2 Å². The lowest BCUT2D eigenvalue weighted by molar-refractivity contribution is 0.146. The van der Waals surface area contributed by atoms with E-state index in [-0.39, 0.29) is 0 Å². The summed E-state index contributed by atoms with van der Waals surface area (Å²) in [5, 5.41) is 3.20. The smallest absolute Gasteiger partial charge is 0.210 e. The van der Waals surface area contributed by atoms with Crippen LogP contribution < -0.4 is 16.6 Å². The predicted octanol–water partition coefficient (Wildman–Crippen LogP) is 1.96. The van der Waals surface area contributed by atoms with Gasteiger partial charge in [-0.1, -0.05) is 12.1 Å². The lowest BCUT2D eigenvalue weighted by Crippen LogP contribution is -2.36. The van der Waals surface area contributed by atoms with Crippen LogP contribution in [-0.2, 0) is 4.74 Å². The lowest BCUT2D eigenvalue weighted by atomic mass is 10.1. The van der Waals surface area contributed by atoms with Crippen LogP contribution in [0, 0.1) is 13.8 Å². The molecule has 1 aromatic rings. The average Bonchev–Trinajstić information content (AvgIpc) is 2.41. The Morgan fingerprint density at radius 2 is 2.16 bits per heavy atom. The highest BCUT2D eigenvalue weighted by Crippen LogP contribution is 2.15. The van der Waals surface area contributed by atoms with Crippen molar-refractivity contribution in [3.8, 4) is 0 Å². The summed E-state index contributed by atoms with van der Waals surface area (Å²) in [7, 11) is 0. The van der Waals surface area contributed by atoms with Gasteiger partial charge in [-0.3, -0.25) is 10.4 Å². The van der Waals surface area contributed by atoms with Gasteiger partial charge in [0.1, 0.15) is 0 Å². The number of guanidine groups is 1. The number of benzene rings is 1. The minimum atomic E-state index is 0.574. The quantitative estimate of drug-likeness (QED) is 0.241. The first kappa shape index (κ1) is 15.5. The number of ether oxygens (including phenoxy) is 1. The standard InChI is InChI=1S/C14H24N4O/c1-4-19-9-5-8-16-14(18-15)17-13-10-11(2)6-7-12(13)3/h6-7,10H,4-5,8-9,15H2,1-3H3,(H2,16,17,18). The number of hydrazine groups is 1. The van der Waals surface area contributed by atoms with E-state index < -0.39 is 0 Å². The van der Waals surface area contributed by atoms with Crippen LogP contribution in [0.5, 0.6) is 0 Å². The maximum atomic E-state index is 5.48. The maximum absolute atomic E-state index is 5.48. The second kappa shape index (κ2) is 8.50. The number of nitrogens with two attached hydrogens (primary N) is 1. The van der Waals surface area contributed by atoms with Crippen LogP contribution in [0.3, 0.4) is 0 Å². The summed E-state index contributed by atoms with van der Waals surface area (Å²) in [6.45, 7) is 8.23. The molecule has 0 saturated carbocycles. The van der Waals surface area contributed by atoms with Gasteiger partial charge in [0.15, 0.2) is 0 Å². The van der Waals surface area contributed by atoms with Gasteiger partial charge in [0.05, 0.1) is 0 Å². The summed E-state index contributed by atoms with van der Waals surface area (Å²) in [4.78, 5) is 4.37. The number of nitrogens with one attached hydrogen (secondary N) is 2. The van der Waals surface area contributed by atoms with Gasteiger partial charge in [-0.15, -0.1) is 0 Å². The van der Waals surface area contributed by atoms with Gasteiger partial charge in [0, 0.05) is 25.4 Å². The zero-order valence-corrected chi connectivity index (χ0v) is 12.0. The molecule has 19 heavy (non-hydrogen) atoms. The Morgan fingerprint density at radius 3 is 2.84 bits per heavy atom. The van der Waals surface area contributed by atoms with Crippen molar-refractivity contribution in [2.45, 2.75) is 27.2 Å². The van der Waals surface area contributed by atoms with Gasteiger partial charge in [0.2, 0.25) is 5.96 Å². The van der Waals surface area contributed by atoms with Gasteiger partial charge in [0.25, 0.3) is 0 Å². The van der Waals surface area contributed by atoms with E-state index in [1.807, 2.05) is 13.8 Å². The Morgan fingerprint density at radius 1 is 1.37 bits per heavy atom. The van der Waals surface area contributed by atoms with E-state index in [4.69, 9.17) is 10.6 Å². The second-order valence-corrected chi connectivity index (χ2v) is 4.37. The topological polar surface area (TPSA) is 71.7 Å². The van der Waals surface area contributed by atoms with E-state index in [2.05, 4.69) is 40.9 Å². The Balaban J connectivity index is 2.55. The third-order valence-corrected chi connectivity index (χ3v) is 2.70. The van der Waals surface area contributed by atoms with E-state index in [0.29, 0.717) is 12.5 Å². The number of hydrogen-bond acceptors (Lipinski definition) is 3. The Labute approximate surface area is 115 Å². The van der Waals surface area contributed by atoms with Crippen molar-refractivity contribution in [2.75, 3.05) is 25.1 Å². The lowest BCUT2D eigenvalue weighted by Gasteiger charge is -2.12. The van der Waals surface area contributed by atoms with Crippen LogP contribution in [0.4, 0.5) is 5.69 Å². The molecule has 0 atom stereocenters. The second-order valence-electron chi connectivity index (χ2n) is 4.37. The Kier molecular flexibility index (Phi) is 6.92. The number of aryl methyl sites for hydroxylation is 2. The summed E-state index contributed by atoms with van der Waals surface area (Å²) < 4.78 is 5.26. The van der Waals surface area contributed by atoms with Crippen molar-refractivity contribution in [2.24, 2.45) is 10.8 Å². The molecule has 0 bridgehead atoms. The van der Waals surface area contributed by atoms with Crippen LogP contribution in [0.25, 0.3) is 0 Å². The molecular weight excluding hydrogens is 240 g/mol. The summed E-state index contributed by atoms with van der Waals surface area (Å²) >= 11 is 0. The first-order valence-electron chi connectivity index (χ1n) is 6.60. The molecule has 0 aliphatic heterocycles. The monoisotopic (exact) mass is 264 g/mol. The Hall–Kier alpha value is -1.59. The number of aliphatic imine (C=N–C) groups is 1. The third-order valence-electron chi connectivity index (χ3n) is 2.70. The van der Waals surface area contributed by atoms with Crippen LogP contribution >= 0.6 is 0 Å². The first-order valence-corrected chi connectivity index (χ1v) is 6.60. The van der Waals surface area contributed by atoms with Crippen molar-refractivity contribution in [3.05, 3.63) is 29.3 Å². The van der Waals surface area contributed by atoms with Crippen molar-refractivity contribution in [1.82, 2.24) is 5.43 Å². The number of rotatable bonds is 6. The summed E-state index contributed by atoms with van der Waals surface area (Å²) in [6, 6.07) is 6.22. The third kappa shape index (κ3) is 5.72. The van der Waals surface area contributed by atoms with Gasteiger partial charge in [-0.05, 0) is 44.4 Å². The SMILES string of the molecule is CCOCCCN=C(NN)Nc1cc(C)ccc1C. The minimum absolute atomic E-state index is 0.574. The molecule has 0 heterocycles. The van der Waals surface area contributed by atoms with Gasteiger partial charge >= 0.3 is 0 Å². The number of nitrogens with zero attached hydrogens (tertiary/aromatic N) is 1. The molecule has 0 radical (unpaired) electrons. The van der Waals surface area contributed by atoms with Gasteiger partial charge < -0.3 is 10.1 Å². The summed E-state index contributed by atoms with van der Waals surface area (Å²) in [5.74, 6) is 6.05. The molecule has 4 N–H and O–H groups in total. The van der Waals surface area contributed by atoms with Crippen molar-refractivity contribution < 1.29 is 4.74 Å². The molecular formula is C14H24N4O. The molecule has 0 spiro atoms. The van der Waals surface area contributed by atoms with E-state index >= 15 is 0 Å². The van der Waals surface area contributed by atoms with Crippen molar-refractivity contribution >= 4 is 11.6 Å².